The molecule has 0 heterocycles. The van der Waals surface area contributed by atoms with E-state index in [1.165, 1.54) is 24.3 Å². The number of nitrogens with one attached hydrogen (secondary N) is 1. The molecule has 2 aromatic carbocycles. The number of ether oxygens (including phenoxy) is 1. The Labute approximate surface area is 147 Å². The first-order valence-corrected chi connectivity index (χ1v) is 9.50. The van der Waals surface area contributed by atoms with Gasteiger partial charge in [-0.15, -0.1) is 0 Å². The van der Waals surface area contributed by atoms with E-state index in [0.717, 1.165) is 6.26 Å². The maximum atomic E-state index is 11.9. The Hall–Kier alpha value is -1.57. The molecule has 8 heteroatoms. The van der Waals surface area contributed by atoms with E-state index in [2.05, 4.69) is 21.2 Å². The smallest absolute Gasteiger partial charge is 0.262 e. The van der Waals surface area contributed by atoms with Gasteiger partial charge in [-0.25, -0.2) is 8.42 Å². The summed E-state index contributed by atoms with van der Waals surface area (Å²) in [7, 11) is -3.26. The van der Waals surface area contributed by atoms with E-state index in [0.29, 0.717) is 20.9 Å². The molecule has 5 nitrogen and oxygen atoms in total. The van der Waals surface area contributed by atoms with Crippen LogP contribution in [0.5, 0.6) is 5.75 Å². The third-order valence-corrected chi connectivity index (χ3v) is 4.80. The first kappa shape index (κ1) is 17.8. The van der Waals surface area contributed by atoms with Crippen LogP contribution in [0.2, 0.25) is 5.02 Å². The van der Waals surface area contributed by atoms with Gasteiger partial charge in [0.05, 0.1) is 9.37 Å². The van der Waals surface area contributed by atoms with Crippen molar-refractivity contribution in [1.29, 1.82) is 0 Å². The maximum Gasteiger partial charge on any atom is 0.262 e. The monoisotopic (exact) mass is 417 g/mol. The third kappa shape index (κ3) is 5.23. The standard InChI is InChI=1S/C15H13BrClNO4S/c1-23(20,21)12-5-3-11(4-6-12)18-15(19)9-22-14-7-2-10(17)8-13(14)16/h2-8H,9H2,1H3,(H,18,19). The number of rotatable bonds is 5. The van der Waals surface area contributed by atoms with Crippen LogP contribution in [-0.4, -0.2) is 27.2 Å². The zero-order valence-electron chi connectivity index (χ0n) is 12.0. The lowest BCUT2D eigenvalue weighted by molar-refractivity contribution is -0.118. The predicted molar refractivity (Wildman–Crippen MR) is 92.8 cm³/mol. The summed E-state index contributed by atoms with van der Waals surface area (Å²) in [6.45, 7) is -0.186. The number of hydrogen-bond acceptors (Lipinski definition) is 4. The van der Waals surface area contributed by atoms with Crippen LogP contribution in [-0.2, 0) is 14.6 Å². The summed E-state index contributed by atoms with van der Waals surface area (Å²) in [5.74, 6) is 0.135. The SMILES string of the molecule is CS(=O)(=O)c1ccc(NC(=O)COc2ccc(Cl)cc2Br)cc1. The molecule has 0 spiro atoms. The van der Waals surface area contributed by atoms with Crippen LogP contribution in [0, 0.1) is 0 Å². The number of sulfone groups is 1. The number of anilines is 1. The molecule has 2 aromatic rings. The lowest BCUT2D eigenvalue weighted by Gasteiger charge is -2.09. The van der Waals surface area contributed by atoms with Crippen LogP contribution in [0.4, 0.5) is 5.69 Å². The van der Waals surface area contributed by atoms with Gasteiger partial charge in [0.15, 0.2) is 16.4 Å². The van der Waals surface area contributed by atoms with Crippen LogP contribution < -0.4 is 10.1 Å². The highest BCUT2D eigenvalue weighted by molar-refractivity contribution is 9.10. The van der Waals surface area contributed by atoms with Gasteiger partial charge in [0.25, 0.3) is 5.91 Å². The molecule has 0 saturated heterocycles. The number of amides is 1. The maximum absolute atomic E-state index is 11.9. The molecule has 0 aliphatic carbocycles. The molecule has 0 aliphatic rings. The molecule has 23 heavy (non-hydrogen) atoms. The molecule has 0 aromatic heterocycles. The summed E-state index contributed by atoms with van der Waals surface area (Å²) >= 11 is 9.12. The molecule has 2 rings (SSSR count). The molecule has 0 radical (unpaired) electrons. The molecule has 122 valence electrons. The molecule has 0 atom stereocenters. The predicted octanol–water partition coefficient (Wildman–Crippen LogP) is 3.52. The fourth-order valence-corrected chi connectivity index (χ4v) is 3.15. The van der Waals surface area contributed by atoms with Gasteiger partial charge < -0.3 is 10.1 Å². The van der Waals surface area contributed by atoms with E-state index >= 15 is 0 Å². The summed E-state index contributed by atoms with van der Waals surface area (Å²) in [5.41, 5.74) is 0.487. The van der Waals surface area contributed by atoms with Crippen molar-refractivity contribution in [3.05, 3.63) is 52.0 Å². The highest BCUT2D eigenvalue weighted by Gasteiger charge is 2.09. The van der Waals surface area contributed by atoms with Crippen LogP contribution >= 0.6 is 27.5 Å². The van der Waals surface area contributed by atoms with Crippen molar-refractivity contribution in [2.75, 3.05) is 18.2 Å². The van der Waals surface area contributed by atoms with E-state index in [-0.39, 0.29) is 17.4 Å². The van der Waals surface area contributed by atoms with Gasteiger partial charge in [-0.3, -0.25) is 4.79 Å². The van der Waals surface area contributed by atoms with Gasteiger partial charge in [0.2, 0.25) is 0 Å². The molecular formula is C15H13BrClNO4S. The number of carbonyl (C=O) groups is 1. The second-order valence-electron chi connectivity index (χ2n) is 4.71. The Morgan fingerprint density at radius 1 is 1.22 bits per heavy atom. The summed E-state index contributed by atoms with van der Waals surface area (Å²) in [4.78, 5) is 12.0. The van der Waals surface area contributed by atoms with E-state index in [9.17, 15) is 13.2 Å². The zero-order chi connectivity index (χ0) is 17.0. The van der Waals surface area contributed by atoms with Gasteiger partial charge in [-0.1, -0.05) is 11.6 Å². The molecule has 1 amide bonds. The summed E-state index contributed by atoms with van der Waals surface area (Å²) in [6.07, 6.45) is 1.12. The fourth-order valence-electron chi connectivity index (χ4n) is 1.72. The first-order chi connectivity index (χ1) is 10.8. The van der Waals surface area contributed by atoms with Gasteiger partial charge in [0, 0.05) is 17.0 Å². The minimum absolute atomic E-state index is 0.186. The average molecular weight is 419 g/mol. The Balaban J connectivity index is 1.94. The molecule has 1 N–H and O–H groups in total. The van der Waals surface area contributed by atoms with Crippen molar-refractivity contribution in [1.82, 2.24) is 0 Å². The lowest BCUT2D eigenvalue weighted by Crippen LogP contribution is -2.20. The zero-order valence-corrected chi connectivity index (χ0v) is 15.2. The molecule has 0 saturated carbocycles. The van der Waals surface area contributed by atoms with Crippen molar-refractivity contribution in [3.8, 4) is 5.75 Å². The van der Waals surface area contributed by atoms with Crippen molar-refractivity contribution in [3.63, 3.8) is 0 Å². The Morgan fingerprint density at radius 2 is 1.87 bits per heavy atom. The topological polar surface area (TPSA) is 72.5 Å². The van der Waals surface area contributed by atoms with E-state index < -0.39 is 9.84 Å². The minimum Gasteiger partial charge on any atom is -0.483 e. The van der Waals surface area contributed by atoms with Crippen LogP contribution in [0.1, 0.15) is 0 Å². The fraction of sp³-hybridized carbons (Fsp3) is 0.133. The van der Waals surface area contributed by atoms with Crippen LogP contribution in [0.3, 0.4) is 0 Å². The number of halogens is 2. The van der Waals surface area contributed by atoms with Gasteiger partial charge >= 0.3 is 0 Å². The molecule has 0 unspecified atom stereocenters. The van der Waals surface area contributed by atoms with Crippen LogP contribution in [0.25, 0.3) is 0 Å². The first-order valence-electron chi connectivity index (χ1n) is 6.43. The molecular weight excluding hydrogens is 406 g/mol. The highest BCUT2D eigenvalue weighted by Crippen LogP contribution is 2.27. The summed E-state index contributed by atoms with van der Waals surface area (Å²) in [6, 6.07) is 10.9. The van der Waals surface area contributed by atoms with Gasteiger partial charge in [0.1, 0.15) is 5.75 Å². The number of carbonyl (C=O) groups excluding carboxylic acids is 1. The average Bonchev–Trinajstić information content (AvgIpc) is 2.46. The summed E-state index contributed by atoms with van der Waals surface area (Å²) in [5, 5.41) is 3.18. The van der Waals surface area contributed by atoms with E-state index in [4.69, 9.17) is 16.3 Å². The van der Waals surface area contributed by atoms with Crippen molar-refractivity contribution in [2.24, 2.45) is 0 Å². The molecule has 0 bridgehead atoms. The van der Waals surface area contributed by atoms with Gasteiger partial charge in [-0.05, 0) is 58.4 Å². The molecule has 0 aliphatic heterocycles. The second kappa shape index (κ2) is 7.33. The normalized spacial score (nSPS) is 11.1. The van der Waals surface area contributed by atoms with Crippen molar-refractivity contribution < 1.29 is 17.9 Å². The number of benzene rings is 2. The second-order valence-corrected chi connectivity index (χ2v) is 8.01. The van der Waals surface area contributed by atoms with Gasteiger partial charge in [-0.2, -0.15) is 0 Å². The largest absolute Gasteiger partial charge is 0.483 e. The quantitative estimate of drug-likeness (QED) is 0.806. The van der Waals surface area contributed by atoms with E-state index in [1.54, 1.807) is 18.2 Å². The molecule has 0 fully saturated rings. The lowest BCUT2D eigenvalue weighted by atomic mass is 10.3. The Kier molecular flexibility index (Phi) is 5.67. The van der Waals surface area contributed by atoms with Crippen molar-refractivity contribution in [2.45, 2.75) is 4.90 Å². The highest BCUT2D eigenvalue weighted by atomic mass is 79.9. The minimum atomic E-state index is -3.26. The van der Waals surface area contributed by atoms with E-state index in [1.807, 2.05) is 0 Å². The summed E-state index contributed by atoms with van der Waals surface area (Å²) < 4.78 is 28.8. The Morgan fingerprint density at radius 3 is 2.43 bits per heavy atom. The third-order valence-electron chi connectivity index (χ3n) is 2.82. The van der Waals surface area contributed by atoms with Crippen molar-refractivity contribution >= 4 is 49.0 Å². The number of hydrogen-bond donors (Lipinski definition) is 1. The Bertz CT molecular complexity index is 822. The van der Waals surface area contributed by atoms with Crippen LogP contribution in [0.15, 0.2) is 51.8 Å².